The molecule has 2 N–H and O–H groups in total. The molecule has 1 aliphatic rings. The first kappa shape index (κ1) is 18.6. The predicted molar refractivity (Wildman–Crippen MR) is 107 cm³/mol. The highest BCUT2D eigenvalue weighted by Crippen LogP contribution is 2.24. The first-order chi connectivity index (χ1) is 13.4. The lowest BCUT2D eigenvalue weighted by molar-refractivity contribution is -0.120. The first-order valence-corrected chi connectivity index (χ1v) is 10.9. The summed E-state index contributed by atoms with van der Waals surface area (Å²) in [5, 5.41) is 2.94. The van der Waals surface area contributed by atoms with Gasteiger partial charge < -0.3 is 10.3 Å². The van der Waals surface area contributed by atoms with Crippen LogP contribution in [-0.4, -0.2) is 52.9 Å². The summed E-state index contributed by atoms with van der Waals surface area (Å²) in [5.74, 6) is 0.392. The number of nitrogens with zero attached hydrogens (tertiary/aromatic N) is 3. The van der Waals surface area contributed by atoms with Crippen molar-refractivity contribution in [3.63, 3.8) is 0 Å². The zero-order chi connectivity index (χ0) is 19.7. The van der Waals surface area contributed by atoms with Crippen LogP contribution in [0, 0.1) is 5.92 Å². The van der Waals surface area contributed by atoms with Gasteiger partial charge in [0.25, 0.3) is 0 Å². The van der Waals surface area contributed by atoms with Gasteiger partial charge in [0.2, 0.25) is 15.9 Å². The van der Waals surface area contributed by atoms with Crippen LogP contribution in [0.2, 0.25) is 0 Å². The maximum absolute atomic E-state index is 12.6. The number of aromatic amines is 1. The van der Waals surface area contributed by atoms with Crippen LogP contribution in [-0.2, 0) is 14.8 Å². The van der Waals surface area contributed by atoms with Gasteiger partial charge in [0.05, 0.1) is 17.3 Å². The van der Waals surface area contributed by atoms with E-state index in [2.05, 4.69) is 20.3 Å². The summed E-state index contributed by atoms with van der Waals surface area (Å²) in [6, 6.07) is 11.1. The first-order valence-electron chi connectivity index (χ1n) is 9.07. The number of imidazole rings is 1. The Hall–Kier alpha value is -2.78. The second-order valence-corrected chi connectivity index (χ2v) is 8.94. The highest BCUT2D eigenvalue weighted by atomic mass is 32.2. The third kappa shape index (κ3) is 3.90. The van der Waals surface area contributed by atoms with E-state index in [-0.39, 0.29) is 11.8 Å². The fourth-order valence-electron chi connectivity index (χ4n) is 3.41. The second kappa shape index (κ2) is 7.33. The van der Waals surface area contributed by atoms with Crippen molar-refractivity contribution in [2.24, 2.45) is 5.92 Å². The van der Waals surface area contributed by atoms with E-state index in [0.717, 1.165) is 16.7 Å². The minimum atomic E-state index is -3.19. The molecule has 1 saturated heterocycles. The number of anilines is 1. The fourth-order valence-corrected chi connectivity index (χ4v) is 4.28. The molecule has 1 amide bonds. The smallest absolute Gasteiger partial charge is 0.227 e. The number of benzene rings is 1. The van der Waals surface area contributed by atoms with Crippen LogP contribution in [0.4, 0.5) is 5.69 Å². The average molecular weight is 399 g/mol. The van der Waals surface area contributed by atoms with E-state index in [9.17, 15) is 13.2 Å². The lowest BCUT2D eigenvalue weighted by atomic mass is 9.97. The maximum atomic E-state index is 12.6. The lowest BCUT2D eigenvalue weighted by Gasteiger charge is -2.29. The maximum Gasteiger partial charge on any atom is 0.227 e. The van der Waals surface area contributed by atoms with Crippen LogP contribution < -0.4 is 5.32 Å². The minimum absolute atomic E-state index is 0.0861. The van der Waals surface area contributed by atoms with Crippen LogP contribution in [0.15, 0.2) is 42.6 Å². The SMILES string of the molecule is CS(=O)(=O)N1CCC(C(=O)Nc2ccc3nc(-c4ccccn4)[nH]c3c2)CC1. The molecule has 0 radical (unpaired) electrons. The molecular formula is C19H21N5O3S. The van der Waals surface area contributed by atoms with Gasteiger partial charge in [-0.25, -0.2) is 17.7 Å². The molecule has 28 heavy (non-hydrogen) atoms. The van der Waals surface area contributed by atoms with Crippen molar-refractivity contribution in [1.29, 1.82) is 0 Å². The molecule has 0 unspecified atom stereocenters. The van der Waals surface area contributed by atoms with Crippen LogP contribution in [0.5, 0.6) is 0 Å². The van der Waals surface area contributed by atoms with Gasteiger partial charge >= 0.3 is 0 Å². The van der Waals surface area contributed by atoms with E-state index in [4.69, 9.17) is 0 Å². The van der Waals surface area contributed by atoms with Gasteiger partial charge in [-0.2, -0.15) is 0 Å². The number of nitrogens with one attached hydrogen (secondary N) is 2. The van der Waals surface area contributed by atoms with Crippen LogP contribution in [0.1, 0.15) is 12.8 Å². The Bertz CT molecular complexity index is 1100. The Kier molecular flexibility index (Phi) is 4.86. The van der Waals surface area contributed by atoms with E-state index < -0.39 is 10.0 Å². The summed E-state index contributed by atoms with van der Waals surface area (Å²) in [7, 11) is -3.19. The Morgan fingerprint density at radius 1 is 1.21 bits per heavy atom. The number of piperidine rings is 1. The summed E-state index contributed by atoms with van der Waals surface area (Å²) >= 11 is 0. The summed E-state index contributed by atoms with van der Waals surface area (Å²) < 4.78 is 24.6. The Morgan fingerprint density at radius 3 is 2.68 bits per heavy atom. The molecule has 0 spiro atoms. The zero-order valence-corrected chi connectivity index (χ0v) is 16.2. The number of hydrogen-bond donors (Lipinski definition) is 2. The van der Waals surface area contributed by atoms with Crippen molar-refractivity contribution in [2.75, 3.05) is 24.7 Å². The number of H-pyrrole nitrogens is 1. The molecule has 0 bridgehead atoms. The Morgan fingerprint density at radius 2 is 2.00 bits per heavy atom. The Labute approximate surface area is 163 Å². The van der Waals surface area contributed by atoms with Gasteiger partial charge in [-0.05, 0) is 43.2 Å². The molecule has 0 atom stereocenters. The summed E-state index contributed by atoms with van der Waals surface area (Å²) in [6.07, 6.45) is 3.96. The van der Waals surface area contributed by atoms with Gasteiger partial charge in [-0.15, -0.1) is 0 Å². The summed E-state index contributed by atoms with van der Waals surface area (Å²) in [4.78, 5) is 24.6. The third-order valence-electron chi connectivity index (χ3n) is 4.95. The molecule has 8 nitrogen and oxygen atoms in total. The monoisotopic (exact) mass is 399 g/mol. The molecule has 4 rings (SSSR count). The molecule has 1 aromatic carbocycles. The summed E-state index contributed by atoms with van der Waals surface area (Å²) in [6.45, 7) is 0.758. The number of pyridine rings is 1. The van der Waals surface area contributed by atoms with Crippen molar-refractivity contribution in [3.05, 3.63) is 42.6 Å². The standard InChI is InChI=1S/C19H21N5O3S/c1-28(26,27)24-10-7-13(8-11-24)19(25)21-14-5-6-15-17(12-14)23-18(22-15)16-4-2-3-9-20-16/h2-6,9,12-13H,7-8,10-11H2,1H3,(H,21,25)(H,22,23). The van der Waals surface area contributed by atoms with Crippen molar-refractivity contribution in [3.8, 4) is 11.5 Å². The highest BCUT2D eigenvalue weighted by Gasteiger charge is 2.29. The van der Waals surface area contributed by atoms with Gasteiger partial charge in [0, 0.05) is 30.9 Å². The van der Waals surface area contributed by atoms with Gasteiger partial charge in [0.1, 0.15) is 5.69 Å². The number of carbonyl (C=O) groups is 1. The molecule has 3 aromatic rings. The molecule has 3 heterocycles. The topological polar surface area (TPSA) is 108 Å². The van der Waals surface area contributed by atoms with Crippen molar-refractivity contribution < 1.29 is 13.2 Å². The van der Waals surface area contributed by atoms with Crippen molar-refractivity contribution in [1.82, 2.24) is 19.3 Å². The predicted octanol–water partition coefficient (Wildman–Crippen LogP) is 2.24. The molecule has 0 aliphatic carbocycles. The van der Waals surface area contributed by atoms with Crippen molar-refractivity contribution in [2.45, 2.75) is 12.8 Å². The molecule has 2 aromatic heterocycles. The number of sulfonamides is 1. The fraction of sp³-hybridized carbons (Fsp3) is 0.316. The minimum Gasteiger partial charge on any atom is -0.337 e. The molecular weight excluding hydrogens is 378 g/mol. The van der Waals surface area contributed by atoms with Crippen LogP contribution in [0.25, 0.3) is 22.6 Å². The number of rotatable bonds is 4. The highest BCUT2D eigenvalue weighted by molar-refractivity contribution is 7.88. The van der Waals surface area contributed by atoms with Gasteiger partial charge in [0.15, 0.2) is 5.82 Å². The largest absolute Gasteiger partial charge is 0.337 e. The normalized spacial score (nSPS) is 16.3. The second-order valence-electron chi connectivity index (χ2n) is 6.96. The van der Waals surface area contributed by atoms with Crippen LogP contribution >= 0.6 is 0 Å². The zero-order valence-electron chi connectivity index (χ0n) is 15.4. The molecule has 146 valence electrons. The molecule has 0 saturated carbocycles. The molecule has 9 heteroatoms. The van der Waals surface area contributed by atoms with E-state index in [0.29, 0.717) is 37.4 Å². The number of carbonyl (C=O) groups excluding carboxylic acids is 1. The third-order valence-corrected chi connectivity index (χ3v) is 6.25. The van der Waals surface area contributed by atoms with Gasteiger partial charge in [-0.1, -0.05) is 6.07 Å². The lowest BCUT2D eigenvalue weighted by Crippen LogP contribution is -2.40. The summed E-state index contributed by atoms with van der Waals surface area (Å²) in [5.41, 5.74) is 3.03. The van der Waals surface area contributed by atoms with E-state index in [1.54, 1.807) is 6.20 Å². The average Bonchev–Trinajstić information content (AvgIpc) is 3.11. The quantitative estimate of drug-likeness (QED) is 0.699. The Balaban J connectivity index is 1.46. The number of hydrogen-bond acceptors (Lipinski definition) is 5. The number of amides is 1. The van der Waals surface area contributed by atoms with E-state index >= 15 is 0 Å². The molecule has 1 fully saturated rings. The van der Waals surface area contributed by atoms with E-state index in [1.165, 1.54) is 10.6 Å². The van der Waals surface area contributed by atoms with Crippen LogP contribution in [0.3, 0.4) is 0 Å². The van der Waals surface area contributed by atoms with Gasteiger partial charge in [-0.3, -0.25) is 9.78 Å². The van der Waals surface area contributed by atoms with Crippen molar-refractivity contribution >= 4 is 32.7 Å². The number of fused-ring (bicyclic) bond motifs is 1. The van der Waals surface area contributed by atoms with E-state index in [1.807, 2.05) is 36.4 Å². The molecule has 1 aliphatic heterocycles. The number of aromatic nitrogens is 3.